The second-order valence-electron chi connectivity index (χ2n) is 6.94. The van der Waals surface area contributed by atoms with Crippen LogP contribution < -0.4 is 0 Å². The Hall–Kier alpha value is -0.940. The van der Waals surface area contributed by atoms with Crippen LogP contribution in [0.25, 0.3) is 0 Å². The molecule has 22 heavy (non-hydrogen) atoms. The van der Waals surface area contributed by atoms with Crippen molar-refractivity contribution in [2.45, 2.75) is 48.8 Å². The molecule has 1 aromatic rings. The van der Waals surface area contributed by atoms with Crippen molar-refractivity contribution in [3.05, 3.63) is 29.6 Å². The Kier molecular flexibility index (Phi) is 4.06. The third-order valence-electron chi connectivity index (χ3n) is 5.54. The zero-order valence-electron chi connectivity index (χ0n) is 12.9. The molecule has 2 aliphatic rings. The fourth-order valence-corrected chi connectivity index (χ4v) is 4.93. The van der Waals surface area contributed by atoms with Gasteiger partial charge in [-0.25, -0.2) is 12.8 Å². The average molecular weight is 326 g/mol. The van der Waals surface area contributed by atoms with Gasteiger partial charge in [0.05, 0.1) is 6.61 Å². The van der Waals surface area contributed by atoms with Crippen LogP contribution >= 0.6 is 0 Å². The van der Waals surface area contributed by atoms with E-state index >= 15 is 0 Å². The Morgan fingerprint density at radius 3 is 2.50 bits per heavy atom. The lowest BCUT2D eigenvalue weighted by molar-refractivity contribution is 0.218. The fraction of sp³-hybridized carbons (Fsp3) is 0.647. The van der Waals surface area contributed by atoms with E-state index in [1.807, 2.05) is 0 Å². The number of sulfone groups is 1. The normalized spacial score (nSPS) is 29.5. The number of aliphatic hydroxyl groups is 1. The van der Waals surface area contributed by atoms with Crippen LogP contribution in [0.4, 0.5) is 4.39 Å². The van der Waals surface area contributed by atoms with E-state index in [2.05, 4.69) is 0 Å². The van der Waals surface area contributed by atoms with Crippen molar-refractivity contribution in [1.29, 1.82) is 0 Å². The molecule has 0 bridgehead atoms. The fourth-order valence-electron chi connectivity index (χ4n) is 4.20. The van der Waals surface area contributed by atoms with E-state index in [0.717, 1.165) is 18.2 Å². The third-order valence-corrected chi connectivity index (χ3v) is 6.67. The van der Waals surface area contributed by atoms with E-state index in [4.69, 9.17) is 0 Å². The van der Waals surface area contributed by atoms with Crippen molar-refractivity contribution in [1.82, 2.24) is 0 Å². The molecule has 2 aliphatic carbocycles. The molecule has 0 heterocycles. The first-order chi connectivity index (χ1) is 10.4. The van der Waals surface area contributed by atoms with Gasteiger partial charge in [0.2, 0.25) is 0 Å². The predicted molar refractivity (Wildman–Crippen MR) is 83.0 cm³/mol. The van der Waals surface area contributed by atoms with Crippen LogP contribution in [0.3, 0.4) is 0 Å². The Labute approximate surface area is 131 Å². The second kappa shape index (κ2) is 5.60. The maximum absolute atomic E-state index is 14.1. The monoisotopic (exact) mass is 326 g/mol. The lowest BCUT2D eigenvalue weighted by Crippen LogP contribution is -2.21. The molecule has 0 radical (unpaired) electrons. The molecule has 2 fully saturated rings. The second-order valence-corrected chi connectivity index (χ2v) is 8.92. The summed E-state index contributed by atoms with van der Waals surface area (Å²) in [5.74, 6) is 0.307. The van der Waals surface area contributed by atoms with E-state index in [1.165, 1.54) is 44.2 Å². The first-order valence-electron chi connectivity index (χ1n) is 7.99. The van der Waals surface area contributed by atoms with Crippen LogP contribution in [0.15, 0.2) is 23.1 Å². The predicted octanol–water partition coefficient (Wildman–Crippen LogP) is 3.06. The van der Waals surface area contributed by atoms with Gasteiger partial charge in [0, 0.05) is 11.7 Å². The Morgan fingerprint density at radius 1 is 1.27 bits per heavy atom. The molecular weight excluding hydrogens is 303 g/mol. The molecule has 0 aliphatic heterocycles. The molecule has 0 aromatic heterocycles. The zero-order chi connectivity index (χ0) is 16.0. The summed E-state index contributed by atoms with van der Waals surface area (Å²) in [6.07, 6.45) is 8.04. The van der Waals surface area contributed by atoms with Crippen molar-refractivity contribution >= 4 is 9.84 Å². The van der Waals surface area contributed by atoms with E-state index in [1.54, 1.807) is 6.07 Å². The van der Waals surface area contributed by atoms with Gasteiger partial charge in [0.15, 0.2) is 9.84 Å². The number of aliphatic hydroxyl groups excluding tert-OH is 1. The van der Waals surface area contributed by atoms with Crippen LogP contribution in [0.1, 0.15) is 44.1 Å². The highest BCUT2D eigenvalue weighted by Crippen LogP contribution is 2.60. The minimum Gasteiger partial charge on any atom is -0.395 e. The number of halogens is 1. The van der Waals surface area contributed by atoms with E-state index in [0.29, 0.717) is 11.8 Å². The summed E-state index contributed by atoms with van der Waals surface area (Å²) in [5, 5.41) is 9.89. The van der Waals surface area contributed by atoms with Gasteiger partial charge in [-0.2, -0.15) is 0 Å². The Morgan fingerprint density at radius 2 is 1.95 bits per heavy atom. The number of benzene rings is 1. The molecule has 3 nitrogen and oxygen atoms in total. The van der Waals surface area contributed by atoms with Crippen LogP contribution in [0.2, 0.25) is 0 Å². The molecule has 2 atom stereocenters. The SMILES string of the molecule is CS(=O)(=O)c1ccc(C2(CO)CC2C2CCCCC2)cc1F. The van der Waals surface area contributed by atoms with Crippen molar-refractivity contribution < 1.29 is 17.9 Å². The highest BCUT2D eigenvalue weighted by atomic mass is 32.2. The summed E-state index contributed by atoms with van der Waals surface area (Å²) in [6, 6.07) is 4.33. The van der Waals surface area contributed by atoms with Gasteiger partial charge in [-0.3, -0.25) is 0 Å². The number of hydrogen-bond acceptors (Lipinski definition) is 3. The molecule has 0 saturated heterocycles. The average Bonchev–Trinajstić information content (AvgIpc) is 3.23. The number of rotatable bonds is 4. The van der Waals surface area contributed by atoms with Gasteiger partial charge in [0.1, 0.15) is 10.7 Å². The van der Waals surface area contributed by atoms with Gasteiger partial charge in [-0.1, -0.05) is 38.2 Å². The maximum atomic E-state index is 14.1. The van der Waals surface area contributed by atoms with E-state index in [-0.39, 0.29) is 16.9 Å². The van der Waals surface area contributed by atoms with Crippen molar-refractivity contribution in [3.63, 3.8) is 0 Å². The molecule has 122 valence electrons. The standard InChI is InChI=1S/C17H23FO3S/c1-22(20,21)16-8-7-13(9-15(16)18)17(11-19)10-14(17)12-5-3-2-4-6-12/h7-9,12,14,19H,2-6,10-11H2,1H3. The Balaban J connectivity index is 1.88. The number of hydrogen-bond donors (Lipinski definition) is 1. The molecular formula is C17H23FO3S. The molecule has 3 rings (SSSR count). The molecule has 2 unspecified atom stereocenters. The Bertz CT molecular complexity index is 664. The third kappa shape index (κ3) is 2.69. The summed E-state index contributed by atoms with van der Waals surface area (Å²) in [7, 11) is -3.55. The lowest BCUT2D eigenvalue weighted by Gasteiger charge is -2.25. The van der Waals surface area contributed by atoms with E-state index < -0.39 is 15.7 Å². The summed E-state index contributed by atoms with van der Waals surface area (Å²) in [4.78, 5) is -0.265. The quantitative estimate of drug-likeness (QED) is 0.925. The molecule has 1 aromatic carbocycles. The maximum Gasteiger partial charge on any atom is 0.178 e. The highest BCUT2D eigenvalue weighted by molar-refractivity contribution is 7.90. The van der Waals surface area contributed by atoms with Crippen LogP contribution in [-0.2, 0) is 15.3 Å². The minimum atomic E-state index is -3.55. The van der Waals surface area contributed by atoms with Crippen molar-refractivity contribution in [3.8, 4) is 0 Å². The van der Waals surface area contributed by atoms with Gasteiger partial charge >= 0.3 is 0 Å². The first kappa shape index (κ1) is 15.9. The molecule has 1 N–H and O–H groups in total. The molecule has 2 saturated carbocycles. The topological polar surface area (TPSA) is 54.4 Å². The molecule has 0 amide bonds. The zero-order valence-corrected chi connectivity index (χ0v) is 13.7. The highest BCUT2D eigenvalue weighted by Gasteiger charge is 2.57. The summed E-state index contributed by atoms with van der Waals surface area (Å²) < 4.78 is 37.2. The van der Waals surface area contributed by atoms with Gasteiger partial charge in [-0.15, -0.1) is 0 Å². The van der Waals surface area contributed by atoms with Crippen LogP contribution in [0, 0.1) is 17.7 Å². The van der Waals surface area contributed by atoms with Gasteiger partial charge < -0.3 is 5.11 Å². The molecule has 5 heteroatoms. The summed E-state index contributed by atoms with van der Waals surface area (Å²) in [6.45, 7) is 0.00578. The first-order valence-corrected chi connectivity index (χ1v) is 9.88. The van der Waals surface area contributed by atoms with Crippen LogP contribution in [0.5, 0.6) is 0 Å². The van der Waals surface area contributed by atoms with Crippen molar-refractivity contribution in [2.75, 3.05) is 12.9 Å². The minimum absolute atomic E-state index is 0.00578. The summed E-state index contributed by atoms with van der Waals surface area (Å²) >= 11 is 0. The van der Waals surface area contributed by atoms with Gasteiger partial charge in [-0.05, 0) is 36.0 Å². The smallest absolute Gasteiger partial charge is 0.178 e. The van der Waals surface area contributed by atoms with Crippen LogP contribution in [-0.4, -0.2) is 26.4 Å². The van der Waals surface area contributed by atoms with Crippen molar-refractivity contribution in [2.24, 2.45) is 11.8 Å². The van der Waals surface area contributed by atoms with E-state index in [9.17, 15) is 17.9 Å². The largest absolute Gasteiger partial charge is 0.395 e. The van der Waals surface area contributed by atoms with Gasteiger partial charge in [0.25, 0.3) is 0 Å². The lowest BCUT2D eigenvalue weighted by atomic mass is 9.81. The molecule has 0 spiro atoms. The summed E-state index contributed by atoms with van der Waals surface area (Å²) in [5.41, 5.74) is 0.384.